The first-order valence-corrected chi connectivity index (χ1v) is 6.29. The summed E-state index contributed by atoms with van der Waals surface area (Å²) in [7, 11) is 2.07. The number of pyridine rings is 1. The van der Waals surface area contributed by atoms with Crippen molar-refractivity contribution in [3.63, 3.8) is 0 Å². The maximum atomic E-state index is 8.73. The van der Waals surface area contributed by atoms with E-state index < -0.39 is 0 Å². The lowest BCUT2D eigenvalue weighted by molar-refractivity contribution is 0.314. The molecule has 0 bridgehead atoms. The molecule has 3 N–H and O–H groups in total. The van der Waals surface area contributed by atoms with E-state index in [-0.39, 0.29) is 5.84 Å². The quantitative estimate of drug-likeness (QED) is 0.254. The smallest absolute Gasteiger partial charge is 0.189 e. The number of oxime groups is 1. The van der Waals surface area contributed by atoms with Crippen LogP contribution in [0.2, 0.25) is 0 Å². The third kappa shape index (κ3) is 4.33. The summed E-state index contributed by atoms with van der Waals surface area (Å²) in [5.41, 5.74) is 7.15. The van der Waals surface area contributed by atoms with Crippen molar-refractivity contribution in [2.24, 2.45) is 10.9 Å². The minimum Gasteiger partial charge on any atom is -0.409 e. The molecule has 1 heterocycles. The fourth-order valence-corrected chi connectivity index (χ4v) is 1.85. The second-order valence-electron chi connectivity index (χ2n) is 4.44. The number of aromatic nitrogens is 1. The molecule has 1 aromatic rings. The van der Waals surface area contributed by atoms with Crippen molar-refractivity contribution in [1.82, 2.24) is 9.88 Å². The van der Waals surface area contributed by atoms with Crippen LogP contribution in [0.1, 0.15) is 37.4 Å². The fraction of sp³-hybridized carbons (Fsp3) is 0.538. The summed E-state index contributed by atoms with van der Waals surface area (Å²) >= 11 is 0. The van der Waals surface area contributed by atoms with Gasteiger partial charge in [0.1, 0.15) is 5.69 Å². The number of nitrogens with zero attached hydrogens (tertiary/aromatic N) is 3. The average molecular weight is 250 g/mol. The van der Waals surface area contributed by atoms with Gasteiger partial charge in [-0.25, -0.2) is 0 Å². The Morgan fingerprint density at radius 1 is 1.50 bits per heavy atom. The molecule has 0 fully saturated rings. The van der Waals surface area contributed by atoms with E-state index in [9.17, 15) is 0 Å². The summed E-state index contributed by atoms with van der Waals surface area (Å²) in [6.45, 7) is 3.99. The molecule has 0 aromatic carbocycles. The Morgan fingerprint density at radius 3 is 2.94 bits per heavy atom. The molecule has 0 aliphatic heterocycles. The summed E-state index contributed by atoms with van der Waals surface area (Å²) < 4.78 is 0. The minimum absolute atomic E-state index is 0.0626. The van der Waals surface area contributed by atoms with E-state index in [1.807, 2.05) is 12.1 Å². The molecule has 5 heteroatoms. The van der Waals surface area contributed by atoms with E-state index in [0.29, 0.717) is 5.69 Å². The van der Waals surface area contributed by atoms with Crippen LogP contribution in [-0.2, 0) is 6.54 Å². The van der Waals surface area contributed by atoms with Gasteiger partial charge in [-0.1, -0.05) is 31.0 Å². The predicted molar refractivity (Wildman–Crippen MR) is 72.6 cm³/mol. The molecular weight excluding hydrogens is 228 g/mol. The molecule has 0 atom stereocenters. The largest absolute Gasteiger partial charge is 0.409 e. The lowest BCUT2D eigenvalue weighted by Gasteiger charge is -2.17. The third-order valence-electron chi connectivity index (χ3n) is 2.83. The molecule has 0 aliphatic carbocycles. The zero-order valence-corrected chi connectivity index (χ0v) is 11.1. The highest BCUT2D eigenvalue weighted by Crippen LogP contribution is 2.09. The van der Waals surface area contributed by atoms with Gasteiger partial charge in [0.25, 0.3) is 0 Å². The normalized spacial score (nSPS) is 12.1. The molecule has 0 saturated heterocycles. The predicted octanol–water partition coefficient (Wildman–Crippen LogP) is 1.80. The van der Waals surface area contributed by atoms with Crippen LogP contribution < -0.4 is 5.73 Å². The highest BCUT2D eigenvalue weighted by molar-refractivity contribution is 5.96. The van der Waals surface area contributed by atoms with Gasteiger partial charge >= 0.3 is 0 Å². The molecule has 1 rings (SSSR count). The van der Waals surface area contributed by atoms with Crippen LogP contribution in [0.15, 0.2) is 23.5 Å². The van der Waals surface area contributed by atoms with Crippen molar-refractivity contribution in [1.29, 1.82) is 0 Å². The minimum atomic E-state index is 0.0626. The van der Waals surface area contributed by atoms with Crippen LogP contribution in [-0.4, -0.2) is 34.5 Å². The Kier molecular flexibility index (Phi) is 6.14. The maximum absolute atomic E-state index is 8.73. The van der Waals surface area contributed by atoms with Gasteiger partial charge in [0.2, 0.25) is 0 Å². The van der Waals surface area contributed by atoms with Gasteiger partial charge in [-0.05, 0) is 31.6 Å². The van der Waals surface area contributed by atoms with Crippen molar-refractivity contribution in [2.75, 3.05) is 13.6 Å². The highest BCUT2D eigenvalue weighted by atomic mass is 16.4. The first-order valence-electron chi connectivity index (χ1n) is 6.29. The van der Waals surface area contributed by atoms with E-state index in [1.54, 1.807) is 6.20 Å². The zero-order valence-electron chi connectivity index (χ0n) is 11.1. The van der Waals surface area contributed by atoms with Gasteiger partial charge in [0.05, 0.1) is 0 Å². The van der Waals surface area contributed by atoms with Crippen LogP contribution >= 0.6 is 0 Å². The molecular formula is C13H22N4O. The Morgan fingerprint density at radius 2 is 2.28 bits per heavy atom. The first-order chi connectivity index (χ1) is 8.69. The fourth-order valence-electron chi connectivity index (χ4n) is 1.85. The van der Waals surface area contributed by atoms with Crippen molar-refractivity contribution in [2.45, 2.75) is 32.7 Å². The van der Waals surface area contributed by atoms with E-state index in [1.165, 1.54) is 19.3 Å². The van der Waals surface area contributed by atoms with E-state index in [4.69, 9.17) is 10.9 Å². The molecule has 100 valence electrons. The monoisotopic (exact) mass is 250 g/mol. The van der Waals surface area contributed by atoms with Crippen molar-refractivity contribution < 1.29 is 5.21 Å². The van der Waals surface area contributed by atoms with Crippen molar-refractivity contribution in [3.8, 4) is 0 Å². The Bertz CT molecular complexity index is 392. The number of amidine groups is 1. The van der Waals surface area contributed by atoms with Crippen LogP contribution in [0, 0.1) is 0 Å². The van der Waals surface area contributed by atoms with Crippen LogP contribution in [0.4, 0.5) is 0 Å². The summed E-state index contributed by atoms with van der Waals surface area (Å²) in [4.78, 5) is 6.38. The standard InChI is InChI=1S/C13H22N4O/c1-3-4-5-9-17(2)10-11-7-6-8-15-12(11)13(14)16-18/h6-8,18H,3-5,9-10H2,1-2H3,(H2,14,16). The molecule has 0 unspecified atom stereocenters. The Balaban J connectivity index is 2.66. The van der Waals surface area contributed by atoms with Gasteiger partial charge in [-0.15, -0.1) is 0 Å². The number of nitrogens with two attached hydrogens (primary N) is 1. The number of hydrogen-bond donors (Lipinski definition) is 2. The highest BCUT2D eigenvalue weighted by Gasteiger charge is 2.09. The lowest BCUT2D eigenvalue weighted by atomic mass is 10.1. The SMILES string of the molecule is CCCCCN(C)Cc1cccnc1C(N)=NO. The molecule has 0 amide bonds. The summed E-state index contributed by atoms with van der Waals surface area (Å²) in [5.74, 6) is 0.0626. The molecule has 1 aromatic heterocycles. The van der Waals surface area contributed by atoms with Crippen LogP contribution in [0.25, 0.3) is 0 Å². The maximum Gasteiger partial charge on any atom is 0.189 e. The lowest BCUT2D eigenvalue weighted by Crippen LogP contribution is -2.23. The molecule has 5 nitrogen and oxygen atoms in total. The van der Waals surface area contributed by atoms with Crippen LogP contribution in [0.5, 0.6) is 0 Å². The Hall–Kier alpha value is -1.62. The molecule has 0 spiro atoms. The number of rotatable bonds is 7. The van der Waals surface area contributed by atoms with Gasteiger partial charge in [0.15, 0.2) is 5.84 Å². The van der Waals surface area contributed by atoms with Gasteiger partial charge in [-0.2, -0.15) is 0 Å². The average Bonchev–Trinajstić information content (AvgIpc) is 2.39. The van der Waals surface area contributed by atoms with Gasteiger partial charge < -0.3 is 15.8 Å². The summed E-state index contributed by atoms with van der Waals surface area (Å²) in [6, 6.07) is 3.82. The van der Waals surface area contributed by atoms with E-state index in [2.05, 4.69) is 29.0 Å². The van der Waals surface area contributed by atoms with E-state index in [0.717, 1.165) is 18.7 Å². The topological polar surface area (TPSA) is 74.7 Å². The summed E-state index contributed by atoms with van der Waals surface area (Å²) in [6.07, 6.45) is 5.29. The summed E-state index contributed by atoms with van der Waals surface area (Å²) in [5, 5.41) is 11.7. The Labute approximate surface area is 108 Å². The molecule has 18 heavy (non-hydrogen) atoms. The third-order valence-corrected chi connectivity index (χ3v) is 2.83. The van der Waals surface area contributed by atoms with Crippen molar-refractivity contribution in [3.05, 3.63) is 29.6 Å². The molecule has 0 radical (unpaired) electrons. The molecule has 0 aliphatic rings. The van der Waals surface area contributed by atoms with Gasteiger partial charge in [0, 0.05) is 12.7 Å². The van der Waals surface area contributed by atoms with Crippen molar-refractivity contribution >= 4 is 5.84 Å². The second kappa shape index (κ2) is 7.66. The zero-order chi connectivity index (χ0) is 13.4. The number of hydrogen-bond acceptors (Lipinski definition) is 4. The number of unbranched alkanes of at least 4 members (excludes halogenated alkanes) is 2. The molecule has 0 saturated carbocycles. The van der Waals surface area contributed by atoms with E-state index >= 15 is 0 Å². The van der Waals surface area contributed by atoms with Crippen LogP contribution in [0.3, 0.4) is 0 Å². The second-order valence-corrected chi connectivity index (χ2v) is 4.44. The van der Waals surface area contributed by atoms with Gasteiger partial charge in [-0.3, -0.25) is 4.98 Å². The first kappa shape index (κ1) is 14.4.